The molecule has 0 heterocycles. The van der Waals surface area contributed by atoms with Crippen molar-refractivity contribution in [3.63, 3.8) is 0 Å². The summed E-state index contributed by atoms with van der Waals surface area (Å²) in [6, 6.07) is 72.8. The van der Waals surface area contributed by atoms with E-state index in [-0.39, 0.29) is 0 Å². The van der Waals surface area contributed by atoms with E-state index >= 15 is 0 Å². The van der Waals surface area contributed by atoms with Crippen molar-refractivity contribution in [3.05, 3.63) is 271 Å². The van der Waals surface area contributed by atoms with Crippen LogP contribution in [-0.2, 0) is 103 Å². The Bertz CT molecular complexity index is 3900. The molecule has 4 nitrogen and oxygen atoms in total. The summed E-state index contributed by atoms with van der Waals surface area (Å²) in [5.41, 5.74) is 36.9. The van der Waals surface area contributed by atoms with E-state index in [1.807, 2.05) is 0 Å². The second kappa shape index (κ2) is 31.2. The molecule has 0 aliphatic heterocycles. The average molecular weight is 1320 g/mol. The standard InChI is InChI=1S/C96H110N4/c1-17-63-41-33-42-64(18-2)89(63)97(90-65(19-3)43-34-44-66(90)20-4)83-61-84(98(91-67(21-5)45-35-46-68(91)22-6)92-69(23-7)47-36-48-70(92)24-8)80-59-60-82-86(100(95-75(29-13)53-39-54-76(95)30-14)96-77(31-15)55-40-56-78(96)32-16)62-85(81-58-57-79(83)87(80)88(81)82)99(93-71(25-9)49-37-50-72(93)26-10)94-73(27-11)51-38-52-74(94)28-12/h33-62H,17-32H2,1-16H3. The van der Waals surface area contributed by atoms with Gasteiger partial charge < -0.3 is 19.6 Å². The average Bonchev–Trinajstić information content (AvgIpc) is 0.694. The van der Waals surface area contributed by atoms with Gasteiger partial charge >= 0.3 is 0 Å². The van der Waals surface area contributed by atoms with Crippen LogP contribution in [0.25, 0.3) is 32.3 Å². The Balaban J connectivity index is 1.45. The normalized spacial score (nSPS) is 11.6. The fraction of sp³-hybridized carbons (Fsp3) is 0.333. The molecule has 12 rings (SSSR count). The zero-order chi connectivity index (χ0) is 70.5. The van der Waals surface area contributed by atoms with Crippen LogP contribution in [0.2, 0.25) is 0 Å². The highest BCUT2D eigenvalue weighted by molar-refractivity contribution is 6.33. The lowest BCUT2D eigenvalue weighted by atomic mass is 9.87. The van der Waals surface area contributed by atoms with Crippen LogP contribution >= 0.6 is 0 Å². The molecular formula is C96H110N4. The van der Waals surface area contributed by atoms with Gasteiger partial charge in [0.25, 0.3) is 0 Å². The van der Waals surface area contributed by atoms with Crippen LogP contribution in [0.5, 0.6) is 0 Å². The number of anilines is 12. The summed E-state index contributed by atoms with van der Waals surface area (Å²) in [7, 11) is 0. The van der Waals surface area contributed by atoms with E-state index in [4.69, 9.17) is 0 Å². The van der Waals surface area contributed by atoms with Crippen molar-refractivity contribution in [3.8, 4) is 0 Å². The van der Waals surface area contributed by atoms with Crippen LogP contribution in [0.15, 0.2) is 182 Å². The fourth-order valence-electron chi connectivity index (χ4n) is 17.1. The third kappa shape index (κ3) is 12.2. The quantitative estimate of drug-likeness (QED) is 0.0453. The van der Waals surface area contributed by atoms with Gasteiger partial charge in [-0.05, 0) is 204 Å². The maximum Gasteiger partial charge on any atom is 0.0562 e. The lowest BCUT2D eigenvalue weighted by Crippen LogP contribution is -2.22. The van der Waals surface area contributed by atoms with Gasteiger partial charge in [-0.15, -0.1) is 0 Å². The van der Waals surface area contributed by atoms with Crippen LogP contribution in [0.1, 0.15) is 200 Å². The molecule has 12 aromatic rings. The minimum atomic E-state index is 0.891. The van der Waals surface area contributed by atoms with Crippen molar-refractivity contribution < 1.29 is 0 Å². The van der Waals surface area contributed by atoms with Crippen LogP contribution < -0.4 is 19.6 Å². The number of hydrogen-bond donors (Lipinski definition) is 0. The first-order valence-electron chi connectivity index (χ1n) is 38.8. The predicted molar refractivity (Wildman–Crippen MR) is 439 cm³/mol. The number of benzene rings is 12. The SMILES string of the molecule is CCc1cccc(CC)c1N(c1c(CC)cccc1CC)c1cc(N(c2c(CC)cccc2CC)c2c(CC)cccc2CC)c2ccc3c(N(c4c(CC)cccc4CC)c4c(CC)cccc4CC)cc(N(c4c(CC)cccc4CC)c4c(CC)cccc4CC)c4ccc1c2c43. The third-order valence-corrected chi connectivity index (χ3v) is 22.3. The maximum absolute atomic E-state index is 2.81. The summed E-state index contributed by atoms with van der Waals surface area (Å²) in [6.45, 7) is 37.9. The zero-order valence-corrected chi connectivity index (χ0v) is 63.4. The lowest BCUT2D eigenvalue weighted by molar-refractivity contribution is 1.02. The molecule has 0 spiro atoms. The van der Waals surface area contributed by atoms with Gasteiger partial charge in [0, 0.05) is 32.3 Å². The van der Waals surface area contributed by atoms with Gasteiger partial charge in [-0.25, -0.2) is 0 Å². The monoisotopic (exact) mass is 1320 g/mol. The summed E-state index contributed by atoms with van der Waals surface area (Å²) in [4.78, 5) is 11.3. The molecule has 0 radical (unpaired) electrons. The number of aryl methyl sites for hydroxylation is 16. The number of hydrogen-bond acceptors (Lipinski definition) is 4. The Morgan fingerprint density at radius 2 is 0.270 bits per heavy atom. The Labute approximate surface area is 601 Å². The first kappa shape index (κ1) is 70.7. The Morgan fingerprint density at radius 1 is 0.160 bits per heavy atom. The Hall–Kier alpha value is -9.12. The van der Waals surface area contributed by atoms with Crippen LogP contribution in [0, 0.1) is 0 Å². The molecule has 100 heavy (non-hydrogen) atoms. The van der Waals surface area contributed by atoms with E-state index in [1.165, 1.54) is 190 Å². The van der Waals surface area contributed by atoms with Crippen LogP contribution in [0.3, 0.4) is 0 Å². The molecule has 0 fully saturated rings. The van der Waals surface area contributed by atoms with Gasteiger partial charge in [0.15, 0.2) is 0 Å². The summed E-state index contributed by atoms with van der Waals surface area (Å²) in [5, 5.41) is 7.56. The van der Waals surface area contributed by atoms with E-state index in [2.05, 4.69) is 312 Å². The van der Waals surface area contributed by atoms with Gasteiger partial charge in [-0.3, -0.25) is 0 Å². The van der Waals surface area contributed by atoms with Crippen molar-refractivity contribution in [2.75, 3.05) is 19.6 Å². The van der Waals surface area contributed by atoms with Crippen molar-refractivity contribution >= 4 is 101 Å². The van der Waals surface area contributed by atoms with Crippen LogP contribution in [0.4, 0.5) is 68.2 Å². The topological polar surface area (TPSA) is 13.0 Å². The molecule has 0 aliphatic carbocycles. The van der Waals surface area contributed by atoms with Crippen molar-refractivity contribution in [1.29, 1.82) is 0 Å². The first-order chi connectivity index (χ1) is 49.0. The molecule has 0 unspecified atom stereocenters. The summed E-state index contributed by atoms with van der Waals surface area (Å²) in [6.07, 6.45) is 14.3. The highest BCUT2D eigenvalue weighted by Crippen LogP contribution is 2.59. The van der Waals surface area contributed by atoms with E-state index in [1.54, 1.807) is 0 Å². The van der Waals surface area contributed by atoms with Gasteiger partial charge in [0.2, 0.25) is 0 Å². The second-order valence-corrected chi connectivity index (χ2v) is 27.3. The highest BCUT2D eigenvalue weighted by atomic mass is 15.2. The fourth-order valence-corrected chi connectivity index (χ4v) is 17.1. The molecule has 0 bridgehead atoms. The van der Waals surface area contributed by atoms with Gasteiger partial charge in [-0.2, -0.15) is 0 Å². The molecule has 0 atom stereocenters. The molecule has 0 aliphatic rings. The summed E-state index contributed by atoms with van der Waals surface area (Å²) in [5.74, 6) is 0. The Kier molecular flexibility index (Phi) is 22.1. The van der Waals surface area contributed by atoms with Crippen molar-refractivity contribution in [2.45, 2.75) is 214 Å². The summed E-state index contributed by atoms with van der Waals surface area (Å²) >= 11 is 0. The first-order valence-corrected chi connectivity index (χ1v) is 38.8. The minimum absolute atomic E-state index is 0.891. The molecule has 0 amide bonds. The molecule has 0 aromatic heterocycles. The van der Waals surface area contributed by atoms with Gasteiger partial charge in [-0.1, -0.05) is 281 Å². The zero-order valence-electron chi connectivity index (χ0n) is 63.4. The smallest absolute Gasteiger partial charge is 0.0562 e. The number of para-hydroxylation sites is 8. The molecule has 12 aromatic carbocycles. The van der Waals surface area contributed by atoms with Crippen molar-refractivity contribution in [2.24, 2.45) is 0 Å². The summed E-state index contributed by atoms with van der Waals surface area (Å²) < 4.78 is 0. The minimum Gasteiger partial charge on any atom is -0.309 e. The van der Waals surface area contributed by atoms with Gasteiger partial charge in [0.05, 0.1) is 68.2 Å². The number of rotatable bonds is 28. The maximum atomic E-state index is 2.81. The number of nitrogens with zero attached hydrogens (tertiary/aromatic N) is 4. The van der Waals surface area contributed by atoms with Gasteiger partial charge in [0.1, 0.15) is 0 Å². The second-order valence-electron chi connectivity index (χ2n) is 27.3. The van der Waals surface area contributed by atoms with E-state index < -0.39 is 0 Å². The van der Waals surface area contributed by atoms with Crippen LogP contribution in [-0.4, -0.2) is 0 Å². The lowest BCUT2D eigenvalue weighted by Gasteiger charge is -2.39. The Morgan fingerprint density at radius 3 is 0.370 bits per heavy atom. The molecule has 0 saturated carbocycles. The molecule has 514 valence electrons. The largest absolute Gasteiger partial charge is 0.309 e. The van der Waals surface area contributed by atoms with E-state index in [0.29, 0.717) is 0 Å². The van der Waals surface area contributed by atoms with E-state index in [0.717, 1.165) is 103 Å². The molecular weight excluding hydrogens is 1210 g/mol. The van der Waals surface area contributed by atoms with E-state index in [9.17, 15) is 0 Å². The van der Waals surface area contributed by atoms with Crippen molar-refractivity contribution in [1.82, 2.24) is 0 Å². The third-order valence-electron chi connectivity index (χ3n) is 22.3. The molecule has 0 N–H and O–H groups in total. The predicted octanol–water partition coefficient (Wildman–Crippen LogP) is 27.5. The highest BCUT2D eigenvalue weighted by Gasteiger charge is 2.35. The molecule has 4 heteroatoms. The molecule has 0 saturated heterocycles.